The van der Waals surface area contributed by atoms with Crippen LogP contribution in [-0.2, 0) is 21.2 Å². The van der Waals surface area contributed by atoms with Crippen LogP contribution in [0.5, 0.6) is 5.75 Å². The van der Waals surface area contributed by atoms with Crippen molar-refractivity contribution in [1.82, 2.24) is 10.3 Å². The molecule has 5 N–H and O–H groups in total. The Labute approximate surface area is 213 Å². The van der Waals surface area contributed by atoms with Crippen LogP contribution in [-0.4, -0.2) is 36.5 Å². The topological polar surface area (TPSA) is 152 Å². The zero-order valence-electron chi connectivity index (χ0n) is 20.6. The molecule has 4 atom stereocenters. The van der Waals surface area contributed by atoms with E-state index >= 15 is 0 Å². The van der Waals surface area contributed by atoms with Crippen LogP contribution in [0.1, 0.15) is 68.8 Å². The molecule has 0 saturated heterocycles. The first kappa shape index (κ1) is 23.7. The molecule has 3 aliphatic rings. The number of benzene rings is 2. The van der Waals surface area contributed by atoms with Crippen molar-refractivity contribution in [3.63, 3.8) is 0 Å². The summed E-state index contributed by atoms with van der Waals surface area (Å²) in [5.74, 6) is -2.45. The number of aliphatic hydroxyl groups is 1. The molecule has 10 heteroatoms. The highest BCUT2D eigenvalue weighted by Gasteiger charge is 2.72. The molecule has 0 bridgehead atoms. The van der Waals surface area contributed by atoms with Crippen LogP contribution >= 0.6 is 0 Å². The maximum Gasteiger partial charge on any atom is 0.271 e. The second kappa shape index (κ2) is 7.45. The average molecular weight is 522 g/mol. The second-order valence-corrected chi connectivity index (χ2v) is 12.4. The summed E-state index contributed by atoms with van der Waals surface area (Å²) in [7, 11) is -3.60. The molecule has 6 rings (SSSR count). The normalized spacial score (nSPS) is 27.6. The summed E-state index contributed by atoms with van der Waals surface area (Å²) in [4.78, 5) is 30.4. The number of carbonyl (C=O) groups excluding carboxylic acids is 2. The predicted molar refractivity (Wildman–Crippen MR) is 135 cm³/mol. The molecule has 1 aromatic heterocycles. The quantitative estimate of drug-likeness (QED) is 0.385. The van der Waals surface area contributed by atoms with Gasteiger partial charge in [0.05, 0.1) is 10.5 Å². The molecule has 0 radical (unpaired) electrons. The smallest absolute Gasteiger partial charge is 0.271 e. The Morgan fingerprint density at radius 2 is 1.97 bits per heavy atom. The van der Waals surface area contributed by atoms with Crippen LogP contribution < -0.4 is 15.8 Å². The van der Waals surface area contributed by atoms with Gasteiger partial charge >= 0.3 is 0 Å². The van der Waals surface area contributed by atoms with E-state index in [-0.39, 0.29) is 33.0 Å². The maximum absolute atomic E-state index is 14.1. The number of H-pyrrole nitrogens is 1. The lowest BCUT2D eigenvalue weighted by atomic mass is 9.70. The van der Waals surface area contributed by atoms with Gasteiger partial charge in [0.2, 0.25) is 11.3 Å². The molecule has 1 saturated carbocycles. The summed E-state index contributed by atoms with van der Waals surface area (Å²) in [5, 5.41) is 14.8. The molecular weight excluding hydrogens is 494 g/mol. The van der Waals surface area contributed by atoms with E-state index in [0.717, 1.165) is 24.7 Å². The molecule has 1 fully saturated rings. The van der Waals surface area contributed by atoms with Crippen molar-refractivity contribution in [2.75, 3.05) is 12.0 Å². The van der Waals surface area contributed by atoms with Gasteiger partial charge in [-0.3, -0.25) is 9.59 Å². The number of nitrogens with one attached hydrogen (secondary N) is 2. The van der Waals surface area contributed by atoms with Gasteiger partial charge in [0.1, 0.15) is 11.4 Å². The third kappa shape index (κ3) is 2.96. The Morgan fingerprint density at radius 1 is 1.22 bits per heavy atom. The minimum atomic E-state index is -3.60. The number of anilines is 1. The number of ether oxygens (including phenoxy) is 1. The second-order valence-electron chi connectivity index (χ2n) is 10.4. The number of aromatic nitrogens is 1. The van der Waals surface area contributed by atoms with Crippen molar-refractivity contribution >= 4 is 27.2 Å². The van der Waals surface area contributed by atoms with Gasteiger partial charge in [-0.05, 0) is 54.9 Å². The largest absolute Gasteiger partial charge is 0.454 e. The molecular formula is C27H27N3O6S. The van der Waals surface area contributed by atoms with Crippen LogP contribution in [0.25, 0.3) is 0 Å². The Bertz CT molecular complexity index is 1630. The Kier molecular flexibility index (Phi) is 4.78. The summed E-state index contributed by atoms with van der Waals surface area (Å²) in [6.07, 6.45) is 4.45. The molecule has 1 aliphatic heterocycles. The first-order valence-electron chi connectivity index (χ1n) is 12.1. The monoisotopic (exact) mass is 521 g/mol. The number of carbonyl (C=O) groups is 2. The Hall–Kier alpha value is -3.63. The van der Waals surface area contributed by atoms with Gasteiger partial charge in [-0.1, -0.05) is 31.2 Å². The SMILES string of the molecule is Cc1c(S(C)(=O)=O)c[nH]c1C(=O)NC12C(=O)c3c(N)cccc3C1(O)Oc1cc(C3CCC3C)ccc12. The predicted octanol–water partition coefficient (Wildman–Crippen LogP) is 2.88. The summed E-state index contributed by atoms with van der Waals surface area (Å²) >= 11 is 0. The first-order chi connectivity index (χ1) is 17.4. The molecule has 3 aromatic rings. The fourth-order valence-corrected chi connectivity index (χ4v) is 7.04. The highest BCUT2D eigenvalue weighted by Crippen LogP contribution is 2.59. The van der Waals surface area contributed by atoms with E-state index in [2.05, 4.69) is 17.2 Å². The third-order valence-corrected chi connectivity index (χ3v) is 9.50. The third-order valence-electron chi connectivity index (χ3n) is 8.27. The number of rotatable bonds is 4. The van der Waals surface area contributed by atoms with Gasteiger partial charge in [-0.15, -0.1) is 0 Å². The van der Waals surface area contributed by atoms with Crippen molar-refractivity contribution in [3.8, 4) is 5.75 Å². The summed E-state index contributed by atoms with van der Waals surface area (Å²) < 4.78 is 30.4. The van der Waals surface area contributed by atoms with Gasteiger partial charge in [0.25, 0.3) is 11.7 Å². The number of amides is 1. The van der Waals surface area contributed by atoms with Gasteiger partial charge in [0, 0.05) is 29.3 Å². The molecule has 9 nitrogen and oxygen atoms in total. The number of ketones is 1. The van der Waals surface area contributed by atoms with Gasteiger partial charge < -0.3 is 25.9 Å². The number of nitrogen functional groups attached to an aromatic ring is 1. The van der Waals surface area contributed by atoms with Crippen LogP contribution in [0.4, 0.5) is 5.69 Å². The Balaban J connectivity index is 1.52. The lowest BCUT2D eigenvalue weighted by molar-refractivity contribution is -0.169. The van der Waals surface area contributed by atoms with Gasteiger partial charge in [0.15, 0.2) is 9.84 Å². The van der Waals surface area contributed by atoms with Crippen LogP contribution in [0.2, 0.25) is 0 Å². The van der Waals surface area contributed by atoms with E-state index in [4.69, 9.17) is 10.5 Å². The maximum atomic E-state index is 14.1. The molecule has 37 heavy (non-hydrogen) atoms. The van der Waals surface area contributed by atoms with Crippen molar-refractivity contribution in [2.45, 2.75) is 48.8 Å². The standard InChI is InChI=1S/C27H27N3O6S/c1-13-7-9-16(13)15-8-10-17-20(11-15)36-27(33)18-5-4-6-19(28)22(18)24(31)26(17,27)30-25(32)23-14(2)21(12-29-23)37(3,34)35/h4-6,8,10-13,16,29,33H,7,9,28H2,1-3H3,(H,30,32). The van der Waals surface area contributed by atoms with Crippen molar-refractivity contribution in [3.05, 3.63) is 76.1 Å². The van der Waals surface area contributed by atoms with E-state index < -0.39 is 32.9 Å². The fraction of sp³-hybridized carbons (Fsp3) is 0.333. The van der Waals surface area contributed by atoms with Crippen LogP contribution in [0, 0.1) is 12.8 Å². The lowest BCUT2D eigenvalue weighted by Gasteiger charge is -2.35. The van der Waals surface area contributed by atoms with E-state index in [1.54, 1.807) is 24.3 Å². The van der Waals surface area contributed by atoms with Gasteiger partial charge in [-0.25, -0.2) is 8.42 Å². The summed E-state index contributed by atoms with van der Waals surface area (Å²) in [6.45, 7) is 3.68. The molecule has 2 aromatic carbocycles. The molecule has 2 aliphatic carbocycles. The number of hydrogen-bond acceptors (Lipinski definition) is 7. The molecule has 2 heterocycles. The highest BCUT2D eigenvalue weighted by atomic mass is 32.2. The zero-order chi connectivity index (χ0) is 26.5. The molecule has 0 spiro atoms. The zero-order valence-corrected chi connectivity index (χ0v) is 21.4. The van der Waals surface area contributed by atoms with Crippen LogP contribution in [0.15, 0.2) is 47.5 Å². The molecule has 1 amide bonds. The minimum Gasteiger partial charge on any atom is -0.454 e. The fourth-order valence-electron chi connectivity index (χ4n) is 6.11. The van der Waals surface area contributed by atoms with E-state index in [0.29, 0.717) is 23.1 Å². The van der Waals surface area contributed by atoms with E-state index in [9.17, 15) is 23.1 Å². The van der Waals surface area contributed by atoms with Crippen LogP contribution in [0.3, 0.4) is 0 Å². The number of hydrogen-bond donors (Lipinski definition) is 4. The number of fused-ring (bicyclic) bond motifs is 5. The number of aromatic amines is 1. The first-order valence-corrected chi connectivity index (χ1v) is 14.0. The average Bonchev–Trinajstić information content (AvgIpc) is 3.38. The van der Waals surface area contributed by atoms with Gasteiger partial charge in [-0.2, -0.15) is 0 Å². The van der Waals surface area contributed by atoms with Crippen molar-refractivity contribution in [2.24, 2.45) is 5.92 Å². The minimum absolute atomic E-state index is 0.0296. The molecule has 4 unspecified atom stereocenters. The van der Waals surface area contributed by atoms with E-state index in [1.165, 1.54) is 13.1 Å². The molecule has 192 valence electrons. The highest BCUT2D eigenvalue weighted by molar-refractivity contribution is 7.90. The van der Waals surface area contributed by atoms with Crippen molar-refractivity contribution in [1.29, 1.82) is 0 Å². The number of nitrogens with two attached hydrogens (primary N) is 1. The number of sulfone groups is 1. The summed E-state index contributed by atoms with van der Waals surface area (Å²) in [5.41, 5.74) is 6.04. The summed E-state index contributed by atoms with van der Waals surface area (Å²) in [6, 6.07) is 10.2. The van der Waals surface area contributed by atoms with Crippen molar-refractivity contribution < 1.29 is 27.9 Å². The lowest BCUT2D eigenvalue weighted by Crippen LogP contribution is -2.60. The Morgan fingerprint density at radius 3 is 2.59 bits per heavy atom. The van der Waals surface area contributed by atoms with E-state index in [1.807, 2.05) is 12.1 Å². The number of Topliss-reactive ketones (excluding diaryl/α,β-unsaturated/α-hetero) is 1.